The fraction of sp³-hybridized carbons (Fsp3) is 0.600. The highest BCUT2D eigenvalue weighted by Gasteiger charge is 2.32. The molecule has 9 heteroatoms. The van der Waals surface area contributed by atoms with Gasteiger partial charge in [-0.15, -0.1) is 0 Å². The number of ether oxygens (including phenoxy) is 1. The highest BCUT2D eigenvalue weighted by Crippen LogP contribution is 2.29. The molecule has 0 unspecified atom stereocenters. The summed E-state index contributed by atoms with van der Waals surface area (Å²) in [6, 6.07) is 6.30. The van der Waals surface area contributed by atoms with Crippen molar-refractivity contribution in [1.82, 2.24) is 9.80 Å². The average molecular weight is 424 g/mol. The molecule has 2 fully saturated rings. The largest absolute Gasteiger partial charge is 0.449 e. The molecule has 2 amide bonds. The molecule has 2 aliphatic rings. The number of hydrogen-bond donors (Lipinski definition) is 1. The molecule has 1 aromatic rings. The molecule has 1 saturated heterocycles. The van der Waals surface area contributed by atoms with Crippen LogP contribution in [0.2, 0.25) is 0 Å². The number of nitrogens with one attached hydrogen (secondary N) is 1. The number of hydrogen-bond acceptors (Lipinski definition) is 5. The Bertz CT molecular complexity index is 836. The zero-order valence-corrected chi connectivity index (χ0v) is 17.8. The van der Waals surface area contributed by atoms with Crippen molar-refractivity contribution in [1.29, 1.82) is 0 Å². The smallest absolute Gasteiger partial charge is 0.409 e. The molecule has 1 aliphatic heterocycles. The number of nitrogens with zero attached hydrogens (tertiary/aromatic N) is 2. The van der Waals surface area contributed by atoms with Crippen molar-refractivity contribution >= 4 is 27.7 Å². The van der Waals surface area contributed by atoms with E-state index in [2.05, 4.69) is 4.72 Å². The third-order valence-electron chi connectivity index (χ3n) is 5.16. The van der Waals surface area contributed by atoms with Crippen LogP contribution in [0, 0.1) is 5.92 Å². The molecule has 1 saturated carbocycles. The normalized spacial score (nSPS) is 19.7. The summed E-state index contributed by atoms with van der Waals surface area (Å²) in [5.74, 6) is 0.443. The second kappa shape index (κ2) is 9.02. The monoisotopic (exact) mass is 423 g/mol. The van der Waals surface area contributed by atoms with E-state index in [0.29, 0.717) is 49.8 Å². The van der Waals surface area contributed by atoms with Crippen LogP contribution < -0.4 is 4.72 Å². The fourth-order valence-corrected chi connectivity index (χ4v) is 4.47. The van der Waals surface area contributed by atoms with Crippen molar-refractivity contribution in [3.63, 3.8) is 0 Å². The summed E-state index contributed by atoms with van der Waals surface area (Å²) in [6.07, 6.45) is 2.49. The van der Waals surface area contributed by atoms with Gasteiger partial charge in [-0.3, -0.25) is 9.52 Å². The molecule has 1 N–H and O–H groups in total. The Morgan fingerprint density at radius 3 is 2.45 bits per heavy atom. The summed E-state index contributed by atoms with van der Waals surface area (Å²) in [5.41, 5.74) is 0.923. The van der Waals surface area contributed by atoms with E-state index in [0.717, 1.165) is 12.8 Å². The van der Waals surface area contributed by atoms with Crippen LogP contribution in [0.4, 0.5) is 10.5 Å². The first kappa shape index (κ1) is 21.4. The number of piperazine rings is 1. The van der Waals surface area contributed by atoms with Gasteiger partial charge in [-0.05, 0) is 56.4 Å². The van der Waals surface area contributed by atoms with Crippen molar-refractivity contribution in [2.45, 2.75) is 39.2 Å². The van der Waals surface area contributed by atoms with Crippen molar-refractivity contribution in [3.8, 4) is 0 Å². The molecular weight excluding hydrogens is 394 g/mol. The number of carbonyl (C=O) groups excluding carboxylic acids is 2. The molecule has 3 rings (SSSR count). The molecule has 29 heavy (non-hydrogen) atoms. The molecule has 0 spiro atoms. The Kier molecular flexibility index (Phi) is 6.66. The molecule has 160 valence electrons. The van der Waals surface area contributed by atoms with E-state index in [-0.39, 0.29) is 23.8 Å². The van der Waals surface area contributed by atoms with Gasteiger partial charge in [0.05, 0.1) is 12.4 Å². The van der Waals surface area contributed by atoms with Crippen molar-refractivity contribution in [2.75, 3.05) is 36.7 Å². The summed E-state index contributed by atoms with van der Waals surface area (Å²) in [4.78, 5) is 28.4. The maximum atomic E-state index is 12.9. The lowest BCUT2D eigenvalue weighted by Gasteiger charge is -2.39. The Morgan fingerprint density at radius 1 is 1.17 bits per heavy atom. The van der Waals surface area contributed by atoms with Gasteiger partial charge in [-0.2, -0.15) is 0 Å². The Hall–Kier alpha value is -2.29. The van der Waals surface area contributed by atoms with E-state index in [9.17, 15) is 18.0 Å². The van der Waals surface area contributed by atoms with E-state index in [1.165, 1.54) is 0 Å². The van der Waals surface area contributed by atoms with Gasteiger partial charge in [0.15, 0.2) is 0 Å². The quantitative estimate of drug-likeness (QED) is 0.727. The molecule has 1 heterocycles. The minimum atomic E-state index is -3.36. The van der Waals surface area contributed by atoms with Crippen LogP contribution in [-0.4, -0.2) is 68.3 Å². The first-order chi connectivity index (χ1) is 13.8. The van der Waals surface area contributed by atoms with Gasteiger partial charge >= 0.3 is 6.09 Å². The van der Waals surface area contributed by atoms with Crippen LogP contribution in [0.25, 0.3) is 0 Å². The van der Waals surface area contributed by atoms with Gasteiger partial charge in [0.1, 0.15) is 0 Å². The summed E-state index contributed by atoms with van der Waals surface area (Å²) >= 11 is 0. The summed E-state index contributed by atoms with van der Waals surface area (Å²) in [6.45, 7) is 5.50. The molecular formula is C20H29N3O5S. The lowest BCUT2D eigenvalue weighted by Crippen LogP contribution is -2.55. The van der Waals surface area contributed by atoms with Crippen LogP contribution in [0.15, 0.2) is 24.3 Å². The number of carbonyl (C=O) groups is 2. The second-order valence-electron chi connectivity index (χ2n) is 7.81. The minimum absolute atomic E-state index is 0.0541. The second-order valence-corrected chi connectivity index (χ2v) is 9.65. The van der Waals surface area contributed by atoms with Gasteiger partial charge in [0.2, 0.25) is 10.0 Å². The van der Waals surface area contributed by atoms with Crippen molar-refractivity contribution in [3.05, 3.63) is 29.8 Å². The van der Waals surface area contributed by atoms with E-state index >= 15 is 0 Å². The Balaban J connectivity index is 1.55. The Labute approximate surface area is 172 Å². The van der Waals surface area contributed by atoms with E-state index in [4.69, 9.17) is 4.74 Å². The standard InChI is InChI=1S/C20H29N3O5S/c1-3-12-29(26,27)21-18-8-6-17(7-9-18)19(24)23-11-10-22(13-15(23)2)20(25)28-14-16-4-5-16/h6-9,15-16,21H,3-5,10-14H2,1-2H3/t15-/m0/s1. The predicted molar refractivity (Wildman–Crippen MR) is 110 cm³/mol. The summed E-state index contributed by atoms with van der Waals surface area (Å²) < 4.78 is 31.5. The molecule has 0 aromatic heterocycles. The van der Waals surface area contributed by atoms with Gasteiger partial charge in [0, 0.05) is 36.9 Å². The minimum Gasteiger partial charge on any atom is -0.449 e. The predicted octanol–water partition coefficient (Wildman–Crippen LogP) is 2.53. The van der Waals surface area contributed by atoms with E-state index < -0.39 is 10.0 Å². The molecule has 1 aliphatic carbocycles. The van der Waals surface area contributed by atoms with Gasteiger partial charge in [-0.1, -0.05) is 6.92 Å². The highest BCUT2D eigenvalue weighted by molar-refractivity contribution is 7.92. The topological polar surface area (TPSA) is 96.0 Å². The average Bonchev–Trinajstić information content (AvgIpc) is 3.50. The van der Waals surface area contributed by atoms with Crippen LogP contribution in [0.5, 0.6) is 0 Å². The number of sulfonamides is 1. The highest BCUT2D eigenvalue weighted by atomic mass is 32.2. The van der Waals surface area contributed by atoms with Crippen LogP contribution in [0.1, 0.15) is 43.5 Å². The first-order valence-electron chi connectivity index (χ1n) is 10.1. The lowest BCUT2D eigenvalue weighted by atomic mass is 10.1. The van der Waals surface area contributed by atoms with Gasteiger partial charge < -0.3 is 14.5 Å². The Morgan fingerprint density at radius 2 is 1.86 bits per heavy atom. The summed E-state index contributed by atoms with van der Waals surface area (Å²) in [7, 11) is -3.36. The van der Waals surface area contributed by atoms with E-state index in [1.54, 1.807) is 41.0 Å². The fourth-order valence-electron chi connectivity index (χ4n) is 3.34. The SMILES string of the molecule is CCCS(=O)(=O)Nc1ccc(C(=O)N2CCN(C(=O)OCC3CC3)C[C@@H]2C)cc1. The first-order valence-corrected chi connectivity index (χ1v) is 11.8. The van der Waals surface area contributed by atoms with Gasteiger partial charge in [-0.25, -0.2) is 13.2 Å². The van der Waals surface area contributed by atoms with Crippen molar-refractivity contribution in [2.24, 2.45) is 5.92 Å². The number of rotatable bonds is 7. The zero-order chi connectivity index (χ0) is 21.0. The lowest BCUT2D eigenvalue weighted by molar-refractivity contribution is 0.0404. The molecule has 0 radical (unpaired) electrons. The van der Waals surface area contributed by atoms with E-state index in [1.807, 2.05) is 6.92 Å². The molecule has 1 atom stereocenters. The third-order valence-corrected chi connectivity index (χ3v) is 6.66. The summed E-state index contributed by atoms with van der Waals surface area (Å²) in [5, 5.41) is 0. The maximum Gasteiger partial charge on any atom is 0.409 e. The number of anilines is 1. The third kappa shape index (κ3) is 5.85. The molecule has 0 bridgehead atoms. The zero-order valence-electron chi connectivity index (χ0n) is 17.0. The van der Waals surface area contributed by atoms with Gasteiger partial charge in [0.25, 0.3) is 5.91 Å². The van der Waals surface area contributed by atoms with Crippen LogP contribution in [0.3, 0.4) is 0 Å². The molecule has 8 nitrogen and oxygen atoms in total. The molecule has 1 aromatic carbocycles. The number of benzene rings is 1. The van der Waals surface area contributed by atoms with Crippen LogP contribution in [-0.2, 0) is 14.8 Å². The maximum absolute atomic E-state index is 12.9. The van der Waals surface area contributed by atoms with Crippen molar-refractivity contribution < 1.29 is 22.7 Å². The van der Waals surface area contributed by atoms with Crippen LogP contribution >= 0.6 is 0 Å². The number of amides is 2.